The van der Waals surface area contributed by atoms with E-state index in [4.69, 9.17) is 9.47 Å². The largest absolute Gasteiger partial charge is 0.493 e. The minimum absolute atomic E-state index is 0.0888. The van der Waals surface area contributed by atoms with Crippen molar-refractivity contribution in [2.24, 2.45) is 0 Å². The number of nitriles is 1. The molecule has 34 heavy (non-hydrogen) atoms. The topological polar surface area (TPSA) is 62.5 Å². The van der Waals surface area contributed by atoms with Crippen molar-refractivity contribution in [2.45, 2.75) is 29.1 Å². The maximum absolute atomic E-state index is 10.4. The van der Waals surface area contributed by atoms with Gasteiger partial charge in [0.25, 0.3) is 0 Å². The SMILES string of the molecule is COc1ccc(S2(c3ccc(C)cc3)C=CC(CO)=C2C(CC#N)c2ccccc2)cc1OC. The molecule has 3 aromatic carbocycles. The Labute approximate surface area is 203 Å². The zero-order valence-electron chi connectivity index (χ0n) is 19.7. The van der Waals surface area contributed by atoms with Crippen molar-refractivity contribution < 1.29 is 14.6 Å². The summed E-state index contributed by atoms with van der Waals surface area (Å²) in [6, 6.07) is 27.1. The van der Waals surface area contributed by atoms with Crippen LogP contribution < -0.4 is 9.47 Å². The maximum atomic E-state index is 10.4. The molecule has 1 aliphatic heterocycles. The van der Waals surface area contributed by atoms with E-state index in [0.717, 1.165) is 25.8 Å². The fourth-order valence-electron chi connectivity index (χ4n) is 4.58. The van der Waals surface area contributed by atoms with Gasteiger partial charge < -0.3 is 14.6 Å². The van der Waals surface area contributed by atoms with Gasteiger partial charge in [-0.05, 0) is 58.7 Å². The number of benzene rings is 3. The molecular formula is C29H29NO3S. The van der Waals surface area contributed by atoms with Gasteiger partial charge in [-0.3, -0.25) is 0 Å². The quantitative estimate of drug-likeness (QED) is 0.397. The van der Waals surface area contributed by atoms with E-state index in [9.17, 15) is 10.4 Å². The number of rotatable bonds is 8. The van der Waals surface area contributed by atoms with Gasteiger partial charge in [0.15, 0.2) is 11.5 Å². The fraction of sp³-hybridized carbons (Fsp3) is 0.207. The molecule has 4 nitrogen and oxygen atoms in total. The summed E-state index contributed by atoms with van der Waals surface area (Å²) in [5.74, 6) is 1.16. The minimum Gasteiger partial charge on any atom is -0.493 e. The molecule has 0 bridgehead atoms. The average molecular weight is 472 g/mol. The predicted octanol–water partition coefficient (Wildman–Crippen LogP) is 6.71. The highest BCUT2D eigenvalue weighted by molar-refractivity contribution is 8.39. The van der Waals surface area contributed by atoms with E-state index < -0.39 is 10.0 Å². The van der Waals surface area contributed by atoms with Gasteiger partial charge in [0.1, 0.15) is 0 Å². The Morgan fingerprint density at radius 1 is 0.912 bits per heavy atom. The van der Waals surface area contributed by atoms with E-state index in [1.807, 2.05) is 36.4 Å². The molecule has 1 aliphatic rings. The first-order valence-electron chi connectivity index (χ1n) is 11.1. The lowest BCUT2D eigenvalue weighted by Crippen LogP contribution is -2.12. The lowest BCUT2D eigenvalue weighted by molar-refractivity contribution is 0.334. The minimum atomic E-state index is -1.91. The number of aliphatic hydroxyl groups excluding tert-OH is 1. The zero-order valence-corrected chi connectivity index (χ0v) is 20.5. The molecule has 0 amide bonds. The van der Waals surface area contributed by atoms with Gasteiger partial charge in [-0.1, -0.05) is 54.1 Å². The first-order chi connectivity index (χ1) is 16.6. The van der Waals surface area contributed by atoms with Crippen molar-refractivity contribution in [1.29, 1.82) is 5.26 Å². The van der Waals surface area contributed by atoms with Crippen molar-refractivity contribution >= 4 is 10.0 Å². The van der Waals surface area contributed by atoms with Crippen molar-refractivity contribution in [2.75, 3.05) is 20.8 Å². The number of methoxy groups -OCH3 is 2. The van der Waals surface area contributed by atoms with Crippen LogP contribution in [0.25, 0.3) is 0 Å². The summed E-state index contributed by atoms with van der Waals surface area (Å²) in [6.45, 7) is 1.99. The molecule has 0 spiro atoms. The van der Waals surface area contributed by atoms with Crippen LogP contribution in [-0.4, -0.2) is 25.9 Å². The lowest BCUT2D eigenvalue weighted by Gasteiger charge is -2.42. The summed E-state index contributed by atoms with van der Waals surface area (Å²) in [7, 11) is 1.35. The van der Waals surface area contributed by atoms with Crippen LogP contribution >= 0.6 is 10.0 Å². The standard InChI is InChI=1S/C29H29NO3S/c1-21-9-11-24(12-10-21)34(25-13-14-27(32-2)28(19-25)33-3)18-16-23(20-31)29(34)26(15-17-30)22-7-5-4-6-8-22/h4-14,16,18-19,26,31H,15,20H2,1-3H3. The van der Waals surface area contributed by atoms with Gasteiger partial charge in [0.05, 0.1) is 26.9 Å². The number of allylic oxidation sites excluding steroid dienone is 1. The summed E-state index contributed by atoms with van der Waals surface area (Å²) in [4.78, 5) is 3.32. The highest BCUT2D eigenvalue weighted by atomic mass is 32.3. The molecule has 5 heteroatoms. The highest BCUT2D eigenvalue weighted by Gasteiger charge is 2.40. The molecule has 0 aromatic heterocycles. The molecule has 4 rings (SSSR count). The predicted molar refractivity (Wildman–Crippen MR) is 138 cm³/mol. The van der Waals surface area contributed by atoms with E-state index in [0.29, 0.717) is 17.9 Å². The van der Waals surface area contributed by atoms with Gasteiger partial charge in [-0.25, -0.2) is 0 Å². The second kappa shape index (κ2) is 10.2. The second-order valence-electron chi connectivity index (χ2n) is 8.17. The van der Waals surface area contributed by atoms with Crippen molar-refractivity contribution in [1.82, 2.24) is 0 Å². The Hall–Kier alpha value is -3.46. The Bertz CT molecular complexity index is 1260. The average Bonchev–Trinajstić information content (AvgIpc) is 3.27. The molecule has 1 N–H and O–H groups in total. The summed E-state index contributed by atoms with van der Waals surface area (Å²) < 4.78 is 11.2. The van der Waals surface area contributed by atoms with Crippen LogP contribution in [0.2, 0.25) is 0 Å². The van der Waals surface area contributed by atoms with Gasteiger partial charge in [-0.2, -0.15) is 5.26 Å². The summed E-state index contributed by atoms with van der Waals surface area (Å²) in [6.07, 6.45) is 2.35. The molecule has 0 saturated heterocycles. The lowest BCUT2D eigenvalue weighted by atomic mass is 9.93. The molecule has 0 aliphatic carbocycles. The van der Waals surface area contributed by atoms with Crippen LogP contribution in [-0.2, 0) is 0 Å². The molecule has 174 valence electrons. The summed E-state index contributed by atoms with van der Waals surface area (Å²) >= 11 is 0. The van der Waals surface area contributed by atoms with Gasteiger partial charge in [-0.15, -0.1) is 10.0 Å². The monoisotopic (exact) mass is 471 g/mol. The zero-order chi connectivity index (χ0) is 24.1. The third kappa shape index (κ3) is 4.11. The van der Waals surface area contributed by atoms with Crippen LogP contribution in [0.5, 0.6) is 11.5 Å². The Balaban J connectivity index is 2.04. The summed E-state index contributed by atoms with van der Waals surface area (Å²) in [5, 5.41) is 22.5. The van der Waals surface area contributed by atoms with Crippen LogP contribution in [0.4, 0.5) is 0 Å². The van der Waals surface area contributed by atoms with E-state index in [-0.39, 0.29) is 12.5 Å². The van der Waals surface area contributed by atoms with Crippen LogP contribution in [0, 0.1) is 18.3 Å². The van der Waals surface area contributed by atoms with E-state index in [2.05, 4.69) is 60.9 Å². The third-order valence-corrected chi connectivity index (χ3v) is 10.0. The van der Waals surface area contributed by atoms with Crippen LogP contribution in [0.1, 0.15) is 23.5 Å². The molecule has 2 unspecified atom stereocenters. The van der Waals surface area contributed by atoms with Gasteiger partial charge >= 0.3 is 0 Å². The van der Waals surface area contributed by atoms with Crippen LogP contribution in [0.3, 0.4) is 0 Å². The molecule has 0 fully saturated rings. The van der Waals surface area contributed by atoms with Gasteiger partial charge in [0, 0.05) is 22.1 Å². The maximum Gasteiger partial charge on any atom is 0.161 e. The number of hydrogen-bond donors (Lipinski definition) is 1. The molecule has 0 radical (unpaired) electrons. The number of ether oxygens (including phenoxy) is 2. The Kier molecular flexibility index (Phi) is 7.12. The molecule has 2 atom stereocenters. The van der Waals surface area contributed by atoms with Crippen molar-refractivity contribution in [3.05, 3.63) is 106 Å². The molecule has 1 heterocycles. The van der Waals surface area contributed by atoms with Crippen molar-refractivity contribution in [3.63, 3.8) is 0 Å². The van der Waals surface area contributed by atoms with E-state index in [1.54, 1.807) is 14.2 Å². The van der Waals surface area contributed by atoms with E-state index in [1.165, 1.54) is 5.56 Å². The highest BCUT2D eigenvalue weighted by Crippen LogP contribution is 2.75. The number of aryl methyl sites for hydroxylation is 1. The first kappa shape index (κ1) is 23.7. The first-order valence-corrected chi connectivity index (χ1v) is 12.8. The number of nitrogens with zero attached hydrogens (tertiary/aromatic N) is 1. The summed E-state index contributed by atoms with van der Waals surface area (Å²) in [5.41, 5.74) is 3.12. The number of hydrogen-bond acceptors (Lipinski definition) is 4. The van der Waals surface area contributed by atoms with E-state index >= 15 is 0 Å². The molecule has 3 aromatic rings. The van der Waals surface area contributed by atoms with Gasteiger partial charge in [0.2, 0.25) is 0 Å². The normalized spacial score (nSPS) is 19.9. The second-order valence-corrected chi connectivity index (χ2v) is 11.1. The van der Waals surface area contributed by atoms with Crippen molar-refractivity contribution in [3.8, 4) is 17.6 Å². The van der Waals surface area contributed by atoms with Crippen LogP contribution in [0.15, 0.2) is 105 Å². The smallest absolute Gasteiger partial charge is 0.161 e. The molecular weight excluding hydrogens is 442 g/mol. The molecule has 0 saturated carbocycles. The Morgan fingerprint density at radius 2 is 1.59 bits per heavy atom. The fourth-order valence-corrected chi connectivity index (χ4v) is 8.55. The third-order valence-electron chi connectivity index (χ3n) is 6.24. The Morgan fingerprint density at radius 3 is 2.21 bits per heavy atom. The number of aliphatic hydroxyl groups is 1.